The third-order valence-electron chi connectivity index (χ3n) is 5.34. The van der Waals surface area contributed by atoms with Gasteiger partial charge in [0, 0.05) is 37.0 Å². The zero-order valence-electron chi connectivity index (χ0n) is 19.1. The minimum atomic E-state index is -4.03. The number of aromatic nitrogens is 3. The molecule has 0 aliphatic carbocycles. The van der Waals surface area contributed by atoms with Gasteiger partial charge in [-0.2, -0.15) is 15.1 Å². The molecule has 2 N–H and O–H groups in total. The molecule has 0 fully saturated rings. The van der Waals surface area contributed by atoms with Gasteiger partial charge in [0.25, 0.3) is 10.0 Å². The van der Waals surface area contributed by atoms with Gasteiger partial charge in [-0.05, 0) is 50.8 Å². The third kappa shape index (κ3) is 4.78. The Bertz CT molecular complexity index is 1380. The number of benzene rings is 1. The molecule has 34 heavy (non-hydrogen) atoms. The first-order chi connectivity index (χ1) is 16.1. The van der Waals surface area contributed by atoms with Crippen LogP contribution in [-0.4, -0.2) is 48.5 Å². The Balaban J connectivity index is 1.66. The molecule has 0 amide bonds. The molecule has 10 nitrogen and oxygen atoms in total. The number of rotatable bonds is 6. The van der Waals surface area contributed by atoms with Gasteiger partial charge in [0.15, 0.2) is 11.4 Å². The number of nitrogens with one attached hydrogen (secondary N) is 2. The standard InChI is InChI=1S/C22H24FN7O3S/c1-13-18-8-15(23)9-19(14-5-6-25-16(7-14)11-24)21(18)26-22(33-13)28-34(31,32)20-10-17(12-29(2)3)30(4)27-20/h5-10,13,22,26,28H,12H2,1-4H3. The van der Waals surface area contributed by atoms with Gasteiger partial charge in [-0.3, -0.25) is 4.68 Å². The van der Waals surface area contributed by atoms with E-state index >= 15 is 0 Å². The van der Waals surface area contributed by atoms with Crippen LogP contribution in [0.2, 0.25) is 0 Å². The Hall–Kier alpha value is -3.37. The molecular weight excluding hydrogens is 461 g/mol. The van der Waals surface area contributed by atoms with Crippen molar-refractivity contribution >= 4 is 15.7 Å². The molecule has 2 aromatic heterocycles. The fourth-order valence-electron chi connectivity index (χ4n) is 3.78. The van der Waals surface area contributed by atoms with E-state index in [2.05, 4.69) is 20.1 Å². The number of anilines is 1. The quantitative estimate of drug-likeness (QED) is 0.545. The Morgan fingerprint density at radius 2 is 2.09 bits per heavy atom. The molecule has 3 heterocycles. The van der Waals surface area contributed by atoms with Crippen LogP contribution in [0, 0.1) is 17.1 Å². The monoisotopic (exact) mass is 485 g/mol. The normalized spacial score (nSPS) is 17.8. The third-order valence-corrected chi connectivity index (χ3v) is 6.62. The zero-order chi connectivity index (χ0) is 24.6. The van der Waals surface area contributed by atoms with Crippen molar-refractivity contribution in [2.24, 2.45) is 7.05 Å². The van der Waals surface area contributed by atoms with Crippen LogP contribution in [0.4, 0.5) is 10.1 Å². The maximum Gasteiger partial charge on any atom is 0.263 e. The van der Waals surface area contributed by atoms with Gasteiger partial charge in [-0.25, -0.2) is 17.8 Å². The largest absolute Gasteiger partial charge is 0.346 e. The lowest BCUT2D eigenvalue weighted by Crippen LogP contribution is -2.45. The highest BCUT2D eigenvalue weighted by Crippen LogP contribution is 2.40. The van der Waals surface area contributed by atoms with E-state index in [-0.39, 0.29) is 10.7 Å². The highest BCUT2D eigenvalue weighted by Gasteiger charge is 2.32. The molecule has 12 heteroatoms. The highest BCUT2D eigenvalue weighted by atomic mass is 32.2. The lowest BCUT2D eigenvalue weighted by molar-refractivity contribution is -0.00116. The number of pyridine rings is 1. The van der Waals surface area contributed by atoms with E-state index in [4.69, 9.17) is 4.74 Å². The number of halogens is 1. The molecule has 0 saturated heterocycles. The van der Waals surface area contributed by atoms with E-state index in [1.165, 1.54) is 35.1 Å². The molecular formula is C22H24FN7O3S. The molecule has 0 radical (unpaired) electrons. The second-order valence-electron chi connectivity index (χ2n) is 8.22. The van der Waals surface area contributed by atoms with Crippen molar-refractivity contribution in [3.63, 3.8) is 0 Å². The molecule has 0 saturated carbocycles. The van der Waals surface area contributed by atoms with Crippen molar-refractivity contribution in [1.82, 2.24) is 24.4 Å². The van der Waals surface area contributed by atoms with Gasteiger partial charge in [0.1, 0.15) is 17.6 Å². The smallest absolute Gasteiger partial charge is 0.263 e. The van der Waals surface area contributed by atoms with Crippen LogP contribution in [0.15, 0.2) is 41.6 Å². The molecule has 1 aromatic carbocycles. The molecule has 2 unspecified atom stereocenters. The van der Waals surface area contributed by atoms with Gasteiger partial charge in [-0.15, -0.1) is 0 Å². The Morgan fingerprint density at radius 3 is 2.79 bits per heavy atom. The van der Waals surface area contributed by atoms with Gasteiger partial charge in [0.2, 0.25) is 0 Å². The maximum absolute atomic E-state index is 14.4. The molecule has 2 atom stereocenters. The van der Waals surface area contributed by atoms with E-state index in [9.17, 15) is 18.1 Å². The number of nitriles is 1. The van der Waals surface area contributed by atoms with Crippen molar-refractivity contribution in [2.75, 3.05) is 19.4 Å². The van der Waals surface area contributed by atoms with Crippen molar-refractivity contribution in [2.45, 2.75) is 31.0 Å². The number of nitrogens with zero attached hydrogens (tertiary/aromatic N) is 5. The summed E-state index contributed by atoms with van der Waals surface area (Å²) in [6.45, 7) is 2.22. The van der Waals surface area contributed by atoms with E-state index in [1.54, 1.807) is 20.0 Å². The highest BCUT2D eigenvalue weighted by molar-refractivity contribution is 7.89. The number of hydrogen-bond acceptors (Lipinski definition) is 8. The fraction of sp³-hybridized carbons (Fsp3) is 0.318. The lowest BCUT2D eigenvalue weighted by Gasteiger charge is -2.33. The van der Waals surface area contributed by atoms with Crippen LogP contribution in [0.3, 0.4) is 0 Å². The second kappa shape index (κ2) is 9.11. The van der Waals surface area contributed by atoms with E-state index in [0.717, 1.165) is 5.69 Å². The summed E-state index contributed by atoms with van der Waals surface area (Å²) in [5.41, 5.74) is 2.94. The Kier molecular flexibility index (Phi) is 6.37. The van der Waals surface area contributed by atoms with Crippen LogP contribution in [0.25, 0.3) is 11.1 Å². The van der Waals surface area contributed by atoms with Crippen LogP contribution < -0.4 is 10.0 Å². The van der Waals surface area contributed by atoms with Crippen LogP contribution in [0.1, 0.15) is 30.0 Å². The topological polar surface area (TPSA) is 125 Å². The Morgan fingerprint density at radius 1 is 1.32 bits per heavy atom. The molecule has 0 bridgehead atoms. The van der Waals surface area contributed by atoms with Crippen LogP contribution in [0.5, 0.6) is 0 Å². The summed E-state index contributed by atoms with van der Waals surface area (Å²) in [7, 11) is 1.39. The first kappa shape index (κ1) is 23.8. The summed E-state index contributed by atoms with van der Waals surface area (Å²) in [6, 6.07) is 9.31. The maximum atomic E-state index is 14.4. The number of fused-ring (bicyclic) bond motifs is 1. The van der Waals surface area contributed by atoms with Crippen molar-refractivity contribution in [3.05, 3.63) is 59.3 Å². The van der Waals surface area contributed by atoms with E-state index < -0.39 is 28.3 Å². The average molecular weight is 486 g/mol. The number of sulfonamides is 1. The molecule has 3 aromatic rings. The lowest BCUT2D eigenvalue weighted by atomic mass is 9.96. The molecule has 178 valence electrons. The van der Waals surface area contributed by atoms with Crippen molar-refractivity contribution < 1.29 is 17.5 Å². The molecule has 0 spiro atoms. The summed E-state index contributed by atoms with van der Waals surface area (Å²) in [5.74, 6) is -0.484. The second-order valence-corrected chi connectivity index (χ2v) is 9.88. The Labute approximate surface area is 197 Å². The summed E-state index contributed by atoms with van der Waals surface area (Å²) in [5, 5.41) is 16.2. The first-order valence-corrected chi connectivity index (χ1v) is 11.9. The van der Waals surface area contributed by atoms with Crippen LogP contribution in [-0.2, 0) is 28.4 Å². The summed E-state index contributed by atoms with van der Waals surface area (Å²) in [4.78, 5) is 5.86. The molecule has 1 aliphatic heterocycles. The van der Waals surface area contributed by atoms with Crippen molar-refractivity contribution in [1.29, 1.82) is 5.26 Å². The SMILES string of the molecule is CC1OC(NS(=O)(=O)c2cc(CN(C)C)n(C)n2)Nc2c(-c3ccnc(C#N)c3)cc(F)cc21. The predicted octanol–water partition coefficient (Wildman–Crippen LogP) is 2.32. The fourth-order valence-corrected chi connectivity index (χ4v) is 4.82. The van der Waals surface area contributed by atoms with Gasteiger partial charge in [-0.1, -0.05) is 0 Å². The summed E-state index contributed by atoms with van der Waals surface area (Å²) in [6.07, 6.45) is -0.294. The predicted molar refractivity (Wildman–Crippen MR) is 122 cm³/mol. The minimum absolute atomic E-state index is 0.136. The van der Waals surface area contributed by atoms with E-state index in [1.807, 2.05) is 25.1 Å². The van der Waals surface area contributed by atoms with Gasteiger partial charge < -0.3 is 15.0 Å². The summed E-state index contributed by atoms with van der Waals surface area (Å²) < 4.78 is 50.3. The molecule has 4 rings (SSSR count). The van der Waals surface area contributed by atoms with Crippen molar-refractivity contribution in [3.8, 4) is 17.2 Å². The van der Waals surface area contributed by atoms with Gasteiger partial charge >= 0.3 is 0 Å². The minimum Gasteiger partial charge on any atom is -0.346 e. The average Bonchev–Trinajstić information content (AvgIpc) is 3.14. The first-order valence-electron chi connectivity index (χ1n) is 10.4. The summed E-state index contributed by atoms with van der Waals surface area (Å²) >= 11 is 0. The number of ether oxygens (including phenoxy) is 1. The van der Waals surface area contributed by atoms with Gasteiger partial charge in [0.05, 0.1) is 17.5 Å². The number of aryl methyl sites for hydroxylation is 1. The van der Waals surface area contributed by atoms with E-state index in [0.29, 0.717) is 28.9 Å². The number of hydrogen-bond donors (Lipinski definition) is 2. The molecule has 1 aliphatic rings. The van der Waals surface area contributed by atoms with Crippen LogP contribution >= 0.6 is 0 Å². The zero-order valence-corrected chi connectivity index (χ0v) is 19.9.